The zero-order valence-electron chi connectivity index (χ0n) is 11.6. The van der Waals surface area contributed by atoms with Gasteiger partial charge in [0.25, 0.3) is 0 Å². The number of nitrogens with one attached hydrogen (secondary N) is 1. The van der Waals surface area contributed by atoms with Crippen molar-refractivity contribution in [1.82, 2.24) is 5.32 Å². The monoisotopic (exact) mass is 258 g/mol. The number of rotatable bonds is 4. The number of anilines is 2. The number of para-hydroxylation sites is 1. The lowest BCUT2D eigenvalue weighted by Gasteiger charge is -2.22. The van der Waals surface area contributed by atoms with E-state index < -0.39 is 0 Å². The van der Waals surface area contributed by atoms with Crippen LogP contribution in [0.1, 0.15) is 11.1 Å². The molecule has 0 fully saturated rings. The predicted octanol–water partition coefficient (Wildman–Crippen LogP) is 3.62. The summed E-state index contributed by atoms with van der Waals surface area (Å²) in [5.41, 5.74) is 4.06. The van der Waals surface area contributed by atoms with E-state index >= 15 is 0 Å². The van der Waals surface area contributed by atoms with E-state index in [0.717, 1.165) is 16.9 Å². The minimum Gasteiger partial charge on any atom is -0.344 e. The molecule has 2 aromatic carbocycles. The van der Waals surface area contributed by atoms with E-state index in [0.29, 0.717) is 6.54 Å². The molecule has 0 aliphatic heterocycles. The molecule has 0 amide bonds. The topological polar surface area (TPSA) is 15.3 Å². The molecule has 0 bridgehead atoms. The first-order chi connectivity index (χ1) is 9.11. The fraction of sp³-hybridized carbons (Fsp3) is 0.250. The Morgan fingerprint density at radius 1 is 1.16 bits per heavy atom. The van der Waals surface area contributed by atoms with E-state index in [1.165, 1.54) is 5.56 Å². The average Bonchev–Trinajstić information content (AvgIpc) is 2.38. The first kappa shape index (κ1) is 13.6. The van der Waals surface area contributed by atoms with Crippen LogP contribution in [0.4, 0.5) is 15.8 Å². The van der Waals surface area contributed by atoms with Crippen molar-refractivity contribution in [3.05, 3.63) is 59.4 Å². The third-order valence-electron chi connectivity index (χ3n) is 3.19. The summed E-state index contributed by atoms with van der Waals surface area (Å²) in [4.78, 5) is 2.01. The van der Waals surface area contributed by atoms with Crippen molar-refractivity contribution in [2.24, 2.45) is 0 Å². The van der Waals surface area contributed by atoms with E-state index in [4.69, 9.17) is 0 Å². The van der Waals surface area contributed by atoms with Gasteiger partial charge >= 0.3 is 0 Å². The van der Waals surface area contributed by atoms with Gasteiger partial charge in [0.2, 0.25) is 0 Å². The van der Waals surface area contributed by atoms with Crippen LogP contribution in [0.2, 0.25) is 0 Å². The van der Waals surface area contributed by atoms with Crippen molar-refractivity contribution < 1.29 is 4.39 Å². The van der Waals surface area contributed by atoms with Crippen LogP contribution in [0.25, 0.3) is 0 Å². The van der Waals surface area contributed by atoms with Crippen LogP contribution in [0.15, 0.2) is 42.5 Å². The Labute approximate surface area is 113 Å². The molecule has 0 saturated carbocycles. The van der Waals surface area contributed by atoms with Crippen molar-refractivity contribution in [2.45, 2.75) is 13.5 Å². The lowest BCUT2D eigenvalue weighted by Crippen LogP contribution is -2.12. The van der Waals surface area contributed by atoms with Gasteiger partial charge in [-0.3, -0.25) is 0 Å². The van der Waals surface area contributed by atoms with Crippen LogP contribution in [-0.2, 0) is 6.54 Å². The SMILES string of the molecule is CNCc1cc(F)cc(N(C)c2ccccc2C)c1. The Hall–Kier alpha value is -1.87. The van der Waals surface area contributed by atoms with Crippen LogP contribution in [0, 0.1) is 12.7 Å². The number of hydrogen-bond acceptors (Lipinski definition) is 2. The van der Waals surface area contributed by atoms with Crippen molar-refractivity contribution in [1.29, 1.82) is 0 Å². The number of nitrogens with zero attached hydrogens (tertiary/aromatic N) is 1. The van der Waals surface area contributed by atoms with E-state index in [1.54, 1.807) is 12.1 Å². The van der Waals surface area contributed by atoms with Gasteiger partial charge in [-0.15, -0.1) is 0 Å². The van der Waals surface area contributed by atoms with Gasteiger partial charge in [0.05, 0.1) is 0 Å². The molecule has 100 valence electrons. The highest BCUT2D eigenvalue weighted by Gasteiger charge is 2.08. The summed E-state index contributed by atoms with van der Waals surface area (Å²) in [6.45, 7) is 2.71. The molecule has 0 saturated heterocycles. The summed E-state index contributed by atoms with van der Waals surface area (Å²) >= 11 is 0. The molecule has 0 spiro atoms. The number of benzene rings is 2. The molecule has 0 unspecified atom stereocenters. The molecule has 0 aliphatic carbocycles. The Bertz CT molecular complexity index is 566. The molecule has 1 N–H and O–H groups in total. The standard InChI is InChI=1S/C16H19FN2/c1-12-6-4-5-7-16(12)19(3)15-9-13(11-18-2)8-14(17)10-15/h4-10,18H,11H2,1-3H3. The minimum atomic E-state index is -0.205. The molecule has 19 heavy (non-hydrogen) atoms. The Kier molecular flexibility index (Phi) is 4.17. The third kappa shape index (κ3) is 3.12. The van der Waals surface area contributed by atoms with Gasteiger partial charge in [-0.1, -0.05) is 18.2 Å². The van der Waals surface area contributed by atoms with Crippen LogP contribution in [0.3, 0.4) is 0 Å². The van der Waals surface area contributed by atoms with Crippen molar-refractivity contribution >= 4 is 11.4 Å². The van der Waals surface area contributed by atoms with Gasteiger partial charge < -0.3 is 10.2 Å². The molecular weight excluding hydrogens is 239 g/mol. The van der Waals surface area contributed by atoms with Crippen molar-refractivity contribution in [2.75, 3.05) is 19.0 Å². The van der Waals surface area contributed by atoms with E-state index in [2.05, 4.69) is 18.3 Å². The summed E-state index contributed by atoms with van der Waals surface area (Å²) in [6, 6.07) is 13.2. The maximum atomic E-state index is 13.7. The molecule has 0 aromatic heterocycles. The molecule has 0 heterocycles. The maximum absolute atomic E-state index is 13.7. The molecule has 3 heteroatoms. The summed E-state index contributed by atoms with van der Waals surface area (Å²) in [7, 11) is 3.82. The van der Waals surface area contributed by atoms with Crippen LogP contribution in [-0.4, -0.2) is 14.1 Å². The maximum Gasteiger partial charge on any atom is 0.125 e. The number of aryl methyl sites for hydroxylation is 1. The molecule has 2 rings (SSSR count). The largest absolute Gasteiger partial charge is 0.344 e. The van der Waals surface area contributed by atoms with Crippen molar-refractivity contribution in [3.8, 4) is 0 Å². The third-order valence-corrected chi connectivity index (χ3v) is 3.19. The highest BCUT2D eigenvalue weighted by atomic mass is 19.1. The summed E-state index contributed by atoms with van der Waals surface area (Å²) in [6.07, 6.45) is 0. The lowest BCUT2D eigenvalue weighted by molar-refractivity contribution is 0.624. The first-order valence-electron chi connectivity index (χ1n) is 6.35. The van der Waals surface area contributed by atoms with Gasteiger partial charge in [-0.05, 0) is 49.4 Å². The van der Waals surface area contributed by atoms with Crippen LogP contribution < -0.4 is 10.2 Å². The van der Waals surface area contributed by atoms with Gasteiger partial charge in [0.1, 0.15) is 5.82 Å². The fourth-order valence-electron chi connectivity index (χ4n) is 2.21. The van der Waals surface area contributed by atoms with Gasteiger partial charge in [-0.25, -0.2) is 4.39 Å². The molecule has 2 nitrogen and oxygen atoms in total. The van der Waals surface area contributed by atoms with E-state index in [-0.39, 0.29) is 5.82 Å². The number of hydrogen-bond donors (Lipinski definition) is 1. The number of halogens is 1. The summed E-state index contributed by atoms with van der Waals surface area (Å²) in [5, 5.41) is 3.04. The van der Waals surface area contributed by atoms with Gasteiger partial charge in [0, 0.05) is 25.0 Å². The quantitative estimate of drug-likeness (QED) is 0.901. The molecule has 0 radical (unpaired) electrons. The van der Waals surface area contributed by atoms with Gasteiger partial charge in [-0.2, -0.15) is 0 Å². The van der Waals surface area contributed by atoms with Crippen LogP contribution in [0.5, 0.6) is 0 Å². The predicted molar refractivity (Wildman–Crippen MR) is 78.4 cm³/mol. The molecule has 0 atom stereocenters. The second-order valence-corrected chi connectivity index (χ2v) is 4.69. The molecular formula is C16H19FN2. The highest BCUT2D eigenvalue weighted by Crippen LogP contribution is 2.27. The average molecular weight is 258 g/mol. The molecule has 2 aromatic rings. The minimum absolute atomic E-state index is 0.205. The van der Waals surface area contributed by atoms with Crippen LogP contribution >= 0.6 is 0 Å². The molecule has 0 aliphatic rings. The second kappa shape index (κ2) is 5.85. The normalized spacial score (nSPS) is 10.5. The zero-order valence-corrected chi connectivity index (χ0v) is 11.6. The first-order valence-corrected chi connectivity index (χ1v) is 6.35. The summed E-state index contributed by atoms with van der Waals surface area (Å²) in [5.74, 6) is -0.205. The van der Waals surface area contributed by atoms with E-state index in [1.807, 2.05) is 43.3 Å². The Balaban J connectivity index is 2.38. The summed E-state index contributed by atoms with van der Waals surface area (Å²) < 4.78 is 13.7. The van der Waals surface area contributed by atoms with Crippen molar-refractivity contribution in [3.63, 3.8) is 0 Å². The second-order valence-electron chi connectivity index (χ2n) is 4.69. The lowest BCUT2D eigenvalue weighted by atomic mass is 10.1. The van der Waals surface area contributed by atoms with E-state index in [9.17, 15) is 4.39 Å². The Morgan fingerprint density at radius 3 is 2.58 bits per heavy atom. The zero-order chi connectivity index (χ0) is 13.8. The fourth-order valence-corrected chi connectivity index (χ4v) is 2.21. The van der Waals surface area contributed by atoms with Gasteiger partial charge in [0.15, 0.2) is 0 Å². The Morgan fingerprint density at radius 2 is 1.89 bits per heavy atom. The highest BCUT2D eigenvalue weighted by molar-refractivity contribution is 5.66. The smallest absolute Gasteiger partial charge is 0.125 e.